The molecule has 3 heteroatoms. The van der Waals surface area contributed by atoms with Gasteiger partial charge in [0.05, 0.1) is 12.1 Å². The molecule has 0 spiro atoms. The summed E-state index contributed by atoms with van der Waals surface area (Å²) < 4.78 is 2.18. The van der Waals surface area contributed by atoms with E-state index in [9.17, 15) is 0 Å². The molecule has 0 aliphatic carbocycles. The van der Waals surface area contributed by atoms with Crippen molar-refractivity contribution in [2.75, 3.05) is 13.1 Å². The van der Waals surface area contributed by atoms with Crippen LogP contribution in [0.1, 0.15) is 5.69 Å². The van der Waals surface area contributed by atoms with Gasteiger partial charge in [-0.2, -0.15) is 0 Å². The first-order valence-electron chi connectivity index (χ1n) is 5.22. The summed E-state index contributed by atoms with van der Waals surface area (Å²) in [5, 5.41) is 4.57. The van der Waals surface area contributed by atoms with E-state index in [1.807, 2.05) is 0 Å². The molecule has 0 unspecified atom stereocenters. The first kappa shape index (κ1) is 8.53. The van der Waals surface area contributed by atoms with E-state index in [4.69, 9.17) is 0 Å². The highest BCUT2D eigenvalue weighted by Gasteiger charge is 2.12. The predicted octanol–water partition coefficient (Wildman–Crippen LogP) is 1.76. The lowest BCUT2D eigenvalue weighted by atomic mass is 10.2. The van der Waals surface area contributed by atoms with Gasteiger partial charge in [0.1, 0.15) is 0 Å². The topological polar surface area (TPSA) is 29.3 Å². The van der Waals surface area contributed by atoms with Crippen molar-refractivity contribution in [1.82, 2.24) is 9.88 Å². The number of para-hydroxylation sites is 1. The Labute approximate surface area is 88.4 Å². The van der Waals surface area contributed by atoms with E-state index in [1.165, 1.54) is 16.6 Å². The summed E-state index contributed by atoms with van der Waals surface area (Å²) in [6, 6.07) is 10.6. The Bertz CT molecular complexity index is 537. The number of benzene rings is 1. The highest BCUT2D eigenvalue weighted by molar-refractivity contribution is 5.95. The third kappa shape index (κ3) is 1.23. The standard InChI is InChI=1S/C12H13N3/c1-9-8-10-4-2-3-5-11(10)15(9)12-13-6-7-14-12/h2-5,8H,6-7H2,1H3,(H,13,14). The maximum atomic E-state index is 4.46. The third-order valence-electron chi connectivity index (χ3n) is 2.76. The SMILES string of the molecule is Cc1cc2ccccc2n1C1=NCCN1. The van der Waals surface area contributed by atoms with Crippen LogP contribution in [-0.4, -0.2) is 23.6 Å². The number of rotatable bonds is 0. The van der Waals surface area contributed by atoms with Crippen molar-refractivity contribution in [3.8, 4) is 0 Å². The van der Waals surface area contributed by atoms with Gasteiger partial charge in [-0.3, -0.25) is 9.56 Å². The van der Waals surface area contributed by atoms with Crippen LogP contribution in [0.15, 0.2) is 35.3 Å². The molecular weight excluding hydrogens is 186 g/mol. The van der Waals surface area contributed by atoms with Crippen LogP contribution in [0.25, 0.3) is 10.9 Å². The summed E-state index contributed by atoms with van der Waals surface area (Å²) in [6.07, 6.45) is 0. The number of nitrogens with zero attached hydrogens (tertiary/aromatic N) is 2. The summed E-state index contributed by atoms with van der Waals surface area (Å²) in [6.45, 7) is 3.94. The van der Waals surface area contributed by atoms with Crippen molar-refractivity contribution in [2.45, 2.75) is 6.92 Å². The quantitative estimate of drug-likeness (QED) is 0.688. The van der Waals surface area contributed by atoms with E-state index >= 15 is 0 Å². The van der Waals surface area contributed by atoms with Gasteiger partial charge < -0.3 is 5.32 Å². The molecule has 1 N–H and O–H groups in total. The Balaban J connectivity index is 2.28. The lowest BCUT2D eigenvalue weighted by Crippen LogP contribution is -2.26. The van der Waals surface area contributed by atoms with Crippen LogP contribution in [0.5, 0.6) is 0 Å². The van der Waals surface area contributed by atoms with E-state index in [1.54, 1.807) is 0 Å². The molecule has 0 saturated heterocycles. The fraction of sp³-hybridized carbons (Fsp3) is 0.250. The number of aliphatic imine (C=N–C) groups is 1. The van der Waals surface area contributed by atoms with Crippen LogP contribution < -0.4 is 5.32 Å². The zero-order chi connectivity index (χ0) is 10.3. The molecule has 1 aliphatic rings. The Hall–Kier alpha value is -1.77. The first-order chi connectivity index (χ1) is 7.36. The smallest absolute Gasteiger partial charge is 0.203 e. The van der Waals surface area contributed by atoms with Crippen LogP contribution in [-0.2, 0) is 0 Å². The molecule has 1 aliphatic heterocycles. The Kier molecular flexibility index (Phi) is 1.78. The second kappa shape index (κ2) is 3.12. The van der Waals surface area contributed by atoms with Crippen molar-refractivity contribution < 1.29 is 0 Å². The zero-order valence-electron chi connectivity index (χ0n) is 8.70. The van der Waals surface area contributed by atoms with Gasteiger partial charge in [-0.25, -0.2) is 0 Å². The molecule has 1 aromatic carbocycles. The van der Waals surface area contributed by atoms with Gasteiger partial charge in [0.15, 0.2) is 0 Å². The minimum absolute atomic E-state index is 0.876. The molecule has 1 aromatic heterocycles. The predicted molar refractivity (Wildman–Crippen MR) is 62.4 cm³/mol. The number of fused-ring (bicyclic) bond motifs is 1. The lowest BCUT2D eigenvalue weighted by Gasteiger charge is -2.07. The average molecular weight is 199 g/mol. The van der Waals surface area contributed by atoms with Crippen molar-refractivity contribution in [3.63, 3.8) is 0 Å². The molecule has 3 nitrogen and oxygen atoms in total. The second-order valence-corrected chi connectivity index (χ2v) is 3.81. The van der Waals surface area contributed by atoms with Gasteiger partial charge in [0, 0.05) is 17.6 Å². The minimum atomic E-state index is 0.876. The number of aryl methyl sites for hydroxylation is 1. The first-order valence-corrected chi connectivity index (χ1v) is 5.22. The van der Waals surface area contributed by atoms with Crippen molar-refractivity contribution in [3.05, 3.63) is 36.0 Å². The molecule has 0 radical (unpaired) electrons. The van der Waals surface area contributed by atoms with Gasteiger partial charge in [-0.05, 0) is 19.1 Å². The van der Waals surface area contributed by atoms with Crippen LogP contribution in [0.4, 0.5) is 0 Å². The highest BCUT2D eigenvalue weighted by atomic mass is 15.3. The maximum Gasteiger partial charge on any atom is 0.203 e. The van der Waals surface area contributed by atoms with E-state index in [0.29, 0.717) is 0 Å². The number of aromatic nitrogens is 1. The maximum absolute atomic E-state index is 4.46. The van der Waals surface area contributed by atoms with Crippen LogP contribution >= 0.6 is 0 Å². The minimum Gasteiger partial charge on any atom is -0.354 e. The molecule has 0 saturated carbocycles. The van der Waals surface area contributed by atoms with E-state index in [0.717, 1.165) is 19.0 Å². The fourth-order valence-electron chi connectivity index (χ4n) is 2.11. The summed E-state index contributed by atoms with van der Waals surface area (Å²) in [4.78, 5) is 4.46. The lowest BCUT2D eigenvalue weighted by molar-refractivity contribution is 0.938. The summed E-state index contributed by atoms with van der Waals surface area (Å²) in [5.74, 6) is 0.980. The Morgan fingerprint density at radius 3 is 3.00 bits per heavy atom. The Morgan fingerprint density at radius 1 is 1.33 bits per heavy atom. The van der Waals surface area contributed by atoms with Gasteiger partial charge in [-0.15, -0.1) is 0 Å². The second-order valence-electron chi connectivity index (χ2n) is 3.81. The normalized spacial score (nSPS) is 15.4. The molecule has 0 bridgehead atoms. The third-order valence-corrected chi connectivity index (χ3v) is 2.76. The molecule has 0 amide bonds. The van der Waals surface area contributed by atoms with Crippen molar-refractivity contribution in [1.29, 1.82) is 0 Å². The molecule has 0 atom stereocenters. The highest BCUT2D eigenvalue weighted by Crippen LogP contribution is 2.19. The van der Waals surface area contributed by atoms with Gasteiger partial charge in [0.25, 0.3) is 0 Å². The number of nitrogens with one attached hydrogen (secondary N) is 1. The van der Waals surface area contributed by atoms with Crippen LogP contribution in [0, 0.1) is 6.92 Å². The van der Waals surface area contributed by atoms with Crippen LogP contribution in [0.3, 0.4) is 0 Å². The molecule has 2 heterocycles. The van der Waals surface area contributed by atoms with E-state index in [2.05, 4.69) is 52.1 Å². The molecule has 15 heavy (non-hydrogen) atoms. The Morgan fingerprint density at radius 2 is 2.20 bits per heavy atom. The van der Waals surface area contributed by atoms with Gasteiger partial charge >= 0.3 is 0 Å². The van der Waals surface area contributed by atoms with Crippen molar-refractivity contribution >= 4 is 16.9 Å². The largest absolute Gasteiger partial charge is 0.354 e. The van der Waals surface area contributed by atoms with E-state index in [-0.39, 0.29) is 0 Å². The zero-order valence-corrected chi connectivity index (χ0v) is 8.70. The molecule has 2 aromatic rings. The average Bonchev–Trinajstić information content (AvgIpc) is 2.82. The monoisotopic (exact) mass is 199 g/mol. The fourth-order valence-corrected chi connectivity index (χ4v) is 2.11. The van der Waals surface area contributed by atoms with Gasteiger partial charge in [-0.1, -0.05) is 18.2 Å². The van der Waals surface area contributed by atoms with Gasteiger partial charge in [0.2, 0.25) is 5.96 Å². The molecular formula is C12H13N3. The molecule has 0 fully saturated rings. The number of hydrogen-bond donors (Lipinski definition) is 1. The summed E-state index contributed by atoms with van der Waals surface area (Å²) in [7, 11) is 0. The molecule has 3 rings (SSSR count). The van der Waals surface area contributed by atoms with Crippen LogP contribution in [0.2, 0.25) is 0 Å². The number of hydrogen-bond acceptors (Lipinski definition) is 2. The summed E-state index contributed by atoms with van der Waals surface area (Å²) in [5.41, 5.74) is 2.45. The summed E-state index contributed by atoms with van der Waals surface area (Å²) >= 11 is 0. The molecule has 76 valence electrons. The van der Waals surface area contributed by atoms with Crippen molar-refractivity contribution in [2.24, 2.45) is 4.99 Å². The van der Waals surface area contributed by atoms with E-state index < -0.39 is 0 Å².